The second kappa shape index (κ2) is 4.94. The smallest absolute Gasteiger partial charge is 0.168 e. The molecule has 0 aliphatic carbocycles. The van der Waals surface area contributed by atoms with Gasteiger partial charge in [0.05, 0.1) is 0 Å². The molecular formula is C10H12F2N6. The lowest BCUT2D eigenvalue weighted by Crippen LogP contribution is -2.12. The number of nitrogen functional groups attached to an aromatic ring is 1. The minimum absolute atomic E-state index is 0.0731. The molecule has 2 rings (SSSR count). The van der Waals surface area contributed by atoms with E-state index in [0.29, 0.717) is 19.0 Å². The average molecular weight is 254 g/mol. The first kappa shape index (κ1) is 12.2. The Balaban J connectivity index is 1.99. The lowest BCUT2D eigenvalue weighted by Gasteiger charge is -2.07. The van der Waals surface area contributed by atoms with E-state index in [1.165, 1.54) is 0 Å². The Bertz CT molecular complexity index is 553. The summed E-state index contributed by atoms with van der Waals surface area (Å²) in [6.07, 6.45) is 2.11. The maximum Gasteiger partial charge on any atom is 0.168 e. The van der Waals surface area contributed by atoms with Gasteiger partial charge in [-0.25, -0.2) is 13.8 Å². The first-order valence-electron chi connectivity index (χ1n) is 5.26. The molecule has 96 valence electrons. The van der Waals surface area contributed by atoms with Gasteiger partial charge in [0, 0.05) is 26.1 Å². The normalized spacial score (nSPS) is 10.6. The molecule has 2 aromatic rings. The van der Waals surface area contributed by atoms with Gasteiger partial charge in [-0.1, -0.05) is 0 Å². The van der Waals surface area contributed by atoms with Crippen molar-refractivity contribution in [3.05, 3.63) is 29.9 Å². The summed E-state index contributed by atoms with van der Waals surface area (Å²) in [5, 5.41) is 10.3. The van der Waals surface area contributed by atoms with E-state index in [9.17, 15) is 8.78 Å². The predicted molar refractivity (Wildman–Crippen MR) is 61.8 cm³/mol. The fourth-order valence-electron chi connectivity index (χ4n) is 1.43. The minimum Gasteiger partial charge on any atom is -0.381 e. The van der Waals surface area contributed by atoms with Crippen LogP contribution in [-0.4, -0.2) is 26.3 Å². The van der Waals surface area contributed by atoms with Crippen LogP contribution in [0, 0.1) is 11.6 Å². The van der Waals surface area contributed by atoms with Gasteiger partial charge in [-0.05, 0) is 0 Å². The molecule has 0 atom stereocenters. The van der Waals surface area contributed by atoms with E-state index in [-0.39, 0.29) is 11.6 Å². The van der Waals surface area contributed by atoms with E-state index in [4.69, 9.17) is 5.73 Å². The standard InChI is InChI=1S/C10H12F2N6/c1-18-5-15-17-8(18)2-3-14-10-7(12)4-6(11)9(13)16-10/h4-5H,2-3H2,1H3,(H3,13,14,16). The Morgan fingerprint density at radius 1 is 1.39 bits per heavy atom. The Labute approximate surface area is 102 Å². The molecule has 3 N–H and O–H groups in total. The van der Waals surface area contributed by atoms with Crippen molar-refractivity contribution < 1.29 is 8.78 Å². The van der Waals surface area contributed by atoms with Gasteiger partial charge in [0.25, 0.3) is 0 Å². The average Bonchev–Trinajstić information content (AvgIpc) is 2.72. The summed E-state index contributed by atoms with van der Waals surface area (Å²) in [4.78, 5) is 3.59. The summed E-state index contributed by atoms with van der Waals surface area (Å²) >= 11 is 0. The number of aromatic nitrogens is 4. The van der Waals surface area contributed by atoms with Crippen molar-refractivity contribution >= 4 is 11.6 Å². The minimum atomic E-state index is -0.869. The summed E-state index contributed by atoms with van der Waals surface area (Å²) in [7, 11) is 1.81. The Morgan fingerprint density at radius 2 is 2.17 bits per heavy atom. The van der Waals surface area contributed by atoms with Crippen LogP contribution in [0.1, 0.15) is 5.82 Å². The molecule has 0 radical (unpaired) electrons. The van der Waals surface area contributed by atoms with Crippen LogP contribution in [0.4, 0.5) is 20.4 Å². The second-order valence-corrected chi connectivity index (χ2v) is 3.72. The lowest BCUT2D eigenvalue weighted by molar-refractivity contribution is 0.579. The first-order chi connectivity index (χ1) is 8.58. The number of nitrogens with two attached hydrogens (primary N) is 1. The molecule has 2 heterocycles. The second-order valence-electron chi connectivity index (χ2n) is 3.72. The quantitative estimate of drug-likeness (QED) is 0.840. The van der Waals surface area contributed by atoms with Gasteiger partial charge < -0.3 is 15.6 Å². The van der Waals surface area contributed by atoms with E-state index in [0.717, 1.165) is 5.82 Å². The van der Waals surface area contributed by atoms with Crippen LogP contribution >= 0.6 is 0 Å². The zero-order valence-electron chi connectivity index (χ0n) is 9.69. The van der Waals surface area contributed by atoms with Gasteiger partial charge in [-0.3, -0.25) is 0 Å². The van der Waals surface area contributed by atoms with Crippen LogP contribution < -0.4 is 11.1 Å². The molecule has 0 aromatic carbocycles. The number of halogens is 2. The zero-order chi connectivity index (χ0) is 13.1. The highest BCUT2D eigenvalue weighted by Crippen LogP contribution is 2.16. The molecule has 0 saturated carbocycles. The van der Waals surface area contributed by atoms with Crippen molar-refractivity contribution in [2.24, 2.45) is 7.05 Å². The van der Waals surface area contributed by atoms with Crippen LogP contribution in [0.25, 0.3) is 0 Å². The number of nitrogens with one attached hydrogen (secondary N) is 1. The van der Waals surface area contributed by atoms with Gasteiger partial charge in [0.2, 0.25) is 0 Å². The van der Waals surface area contributed by atoms with E-state index in [1.807, 2.05) is 7.05 Å². The molecule has 0 aliphatic rings. The molecular weight excluding hydrogens is 242 g/mol. The number of hydrogen-bond acceptors (Lipinski definition) is 5. The number of aryl methyl sites for hydroxylation is 1. The monoisotopic (exact) mass is 254 g/mol. The van der Waals surface area contributed by atoms with Crippen molar-refractivity contribution in [3.8, 4) is 0 Å². The molecule has 0 unspecified atom stereocenters. The third-order valence-corrected chi connectivity index (χ3v) is 2.40. The summed E-state index contributed by atoms with van der Waals surface area (Å²) in [6.45, 7) is 0.390. The summed E-state index contributed by atoms with van der Waals surface area (Å²) in [5.41, 5.74) is 5.26. The molecule has 0 bridgehead atoms. The Kier molecular flexibility index (Phi) is 3.35. The van der Waals surface area contributed by atoms with Gasteiger partial charge in [0.15, 0.2) is 23.3 Å². The molecule has 2 aromatic heterocycles. The molecule has 6 nitrogen and oxygen atoms in total. The topological polar surface area (TPSA) is 81.7 Å². The molecule has 0 fully saturated rings. The lowest BCUT2D eigenvalue weighted by atomic mass is 10.3. The molecule has 0 spiro atoms. The van der Waals surface area contributed by atoms with Crippen molar-refractivity contribution in [1.29, 1.82) is 0 Å². The van der Waals surface area contributed by atoms with Gasteiger partial charge in [-0.2, -0.15) is 0 Å². The molecule has 0 amide bonds. The fourth-order valence-corrected chi connectivity index (χ4v) is 1.43. The first-order valence-corrected chi connectivity index (χ1v) is 5.26. The third-order valence-electron chi connectivity index (χ3n) is 2.40. The highest BCUT2D eigenvalue weighted by Gasteiger charge is 2.09. The maximum atomic E-state index is 13.3. The van der Waals surface area contributed by atoms with Crippen molar-refractivity contribution in [2.75, 3.05) is 17.6 Å². The largest absolute Gasteiger partial charge is 0.381 e. The Hall–Kier alpha value is -2.25. The van der Waals surface area contributed by atoms with E-state index in [1.54, 1.807) is 10.9 Å². The zero-order valence-corrected chi connectivity index (χ0v) is 9.69. The van der Waals surface area contributed by atoms with E-state index < -0.39 is 11.6 Å². The summed E-state index contributed by atoms with van der Waals surface area (Å²) < 4.78 is 28.0. The molecule has 0 saturated heterocycles. The summed E-state index contributed by atoms with van der Waals surface area (Å²) in [6, 6.07) is 0.701. The number of anilines is 2. The van der Waals surface area contributed by atoms with Crippen LogP contribution in [0.2, 0.25) is 0 Å². The highest BCUT2D eigenvalue weighted by molar-refractivity contribution is 5.44. The van der Waals surface area contributed by atoms with Crippen molar-refractivity contribution in [1.82, 2.24) is 19.7 Å². The highest BCUT2D eigenvalue weighted by atomic mass is 19.1. The number of hydrogen-bond donors (Lipinski definition) is 2. The molecule has 8 heteroatoms. The van der Waals surface area contributed by atoms with Crippen LogP contribution in [0.3, 0.4) is 0 Å². The third kappa shape index (κ3) is 2.53. The van der Waals surface area contributed by atoms with Crippen LogP contribution in [-0.2, 0) is 13.5 Å². The van der Waals surface area contributed by atoms with Gasteiger partial charge in [-0.15, -0.1) is 10.2 Å². The summed E-state index contributed by atoms with van der Waals surface area (Å²) in [5.74, 6) is -1.31. The van der Waals surface area contributed by atoms with Crippen LogP contribution in [0.5, 0.6) is 0 Å². The predicted octanol–water partition coefficient (Wildman–Crippen LogP) is 0.725. The van der Waals surface area contributed by atoms with Crippen LogP contribution in [0.15, 0.2) is 12.4 Å². The van der Waals surface area contributed by atoms with Gasteiger partial charge in [0.1, 0.15) is 12.2 Å². The van der Waals surface area contributed by atoms with Gasteiger partial charge >= 0.3 is 0 Å². The van der Waals surface area contributed by atoms with Crippen molar-refractivity contribution in [2.45, 2.75) is 6.42 Å². The molecule has 18 heavy (non-hydrogen) atoms. The van der Waals surface area contributed by atoms with Crippen molar-refractivity contribution in [3.63, 3.8) is 0 Å². The maximum absolute atomic E-state index is 13.3. The SMILES string of the molecule is Cn1cnnc1CCNc1nc(N)c(F)cc1F. The Morgan fingerprint density at radius 3 is 2.83 bits per heavy atom. The number of rotatable bonds is 4. The van der Waals surface area contributed by atoms with E-state index >= 15 is 0 Å². The van der Waals surface area contributed by atoms with E-state index in [2.05, 4.69) is 20.5 Å². The molecule has 0 aliphatic heterocycles. The number of pyridine rings is 1. The fraction of sp³-hybridized carbons (Fsp3) is 0.300. The number of nitrogens with zero attached hydrogens (tertiary/aromatic N) is 4.